The first-order valence-corrected chi connectivity index (χ1v) is 8.87. The fourth-order valence-corrected chi connectivity index (χ4v) is 5.62. The van der Waals surface area contributed by atoms with Crippen molar-refractivity contribution in [3.8, 4) is 0 Å². The molecule has 0 bridgehead atoms. The molecule has 128 valence electrons. The number of methoxy groups -OCH3 is 1. The van der Waals surface area contributed by atoms with E-state index in [2.05, 4.69) is 4.90 Å². The van der Waals surface area contributed by atoms with Crippen molar-refractivity contribution in [2.75, 3.05) is 13.7 Å². The summed E-state index contributed by atoms with van der Waals surface area (Å²) in [6.45, 7) is 4.31. The van der Waals surface area contributed by atoms with Crippen molar-refractivity contribution in [3.63, 3.8) is 0 Å². The lowest BCUT2D eigenvalue weighted by Gasteiger charge is -2.46. The van der Waals surface area contributed by atoms with Crippen molar-refractivity contribution < 1.29 is 19.1 Å². The third kappa shape index (κ3) is 1.49. The van der Waals surface area contributed by atoms with Crippen LogP contribution in [0.2, 0.25) is 0 Å². The first kappa shape index (κ1) is 15.8. The first-order chi connectivity index (χ1) is 11.4. The molecular weight excluding hydrogens is 326 g/mol. The number of ketones is 1. The van der Waals surface area contributed by atoms with Crippen LogP contribution in [0.5, 0.6) is 0 Å². The molecule has 24 heavy (non-hydrogen) atoms. The van der Waals surface area contributed by atoms with Gasteiger partial charge in [0.15, 0.2) is 5.76 Å². The number of rotatable bonds is 1. The maximum atomic E-state index is 13.4. The number of nitrogens with zero attached hydrogens (tertiary/aromatic N) is 1. The molecule has 0 amide bonds. The minimum absolute atomic E-state index is 0.142. The second-order valence-electron chi connectivity index (χ2n) is 7.02. The Bertz CT molecular complexity index is 752. The van der Waals surface area contributed by atoms with E-state index in [1.165, 1.54) is 7.11 Å². The van der Waals surface area contributed by atoms with Crippen LogP contribution in [0, 0.1) is 0 Å². The Hall–Kier alpha value is -1.69. The molecule has 1 aliphatic carbocycles. The van der Waals surface area contributed by atoms with E-state index in [1.54, 1.807) is 6.92 Å². The Labute approximate surface area is 146 Å². The molecule has 2 saturated heterocycles. The zero-order chi connectivity index (χ0) is 17.3. The average Bonchev–Trinajstić information content (AvgIpc) is 3.12. The number of thiocarbonyl (C=S) groups is 1. The maximum Gasteiger partial charge on any atom is 0.338 e. The average molecular weight is 347 g/mol. The van der Waals surface area contributed by atoms with Crippen LogP contribution in [0.4, 0.5) is 0 Å². The van der Waals surface area contributed by atoms with E-state index in [0.717, 1.165) is 49.2 Å². The molecule has 2 fully saturated rings. The van der Waals surface area contributed by atoms with Crippen LogP contribution >= 0.6 is 12.2 Å². The van der Waals surface area contributed by atoms with E-state index in [4.69, 9.17) is 21.7 Å². The zero-order valence-electron chi connectivity index (χ0n) is 14.2. The lowest BCUT2D eigenvalue weighted by atomic mass is 9.73. The second-order valence-corrected chi connectivity index (χ2v) is 7.50. The summed E-state index contributed by atoms with van der Waals surface area (Å²) in [5.41, 5.74) is 0.0927. The van der Waals surface area contributed by atoms with Crippen LogP contribution in [-0.2, 0) is 19.1 Å². The quantitative estimate of drug-likeness (QED) is 0.536. The molecule has 0 radical (unpaired) electrons. The summed E-state index contributed by atoms with van der Waals surface area (Å²) in [6.07, 6.45) is 4.23. The van der Waals surface area contributed by atoms with Gasteiger partial charge in [0.1, 0.15) is 5.54 Å². The van der Waals surface area contributed by atoms with Gasteiger partial charge in [0, 0.05) is 6.54 Å². The van der Waals surface area contributed by atoms with Crippen LogP contribution in [-0.4, -0.2) is 46.4 Å². The van der Waals surface area contributed by atoms with E-state index in [9.17, 15) is 9.59 Å². The minimum Gasteiger partial charge on any atom is -0.496 e. The van der Waals surface area contributed by atoms with Gasteiger partial charge in [-0.1, -0.05) is 12.2 Å². The number of hydrogen-bond donors (Lipinski definition) is 0. The van der Waals surface area contributed by atoms with Gasteiger partial charge in [0.05, 0.1) is 17.7 Å². The molecule has 0 aromatic carbocycles. The summed E-state index contributed by atoms with van der Waals surface area (Å²) in [5.74, 6) is -0.245. The number of ether oxygens (including phenoxy) is 2. The summed E-state index contributed by atoms with van der Waals surface area (Å²) in [6, 6.07) is 0. The Morgan fingerprint density at radius 1 is 1.17 bits per heavy atom. The van der Waals surface area contributed by atoms with E-state index in [1.807, 2.05) is 6.92 Å². The van der Waals surface area contributed by atoms with Gasteiger partial charge >= 0.3 is 5.97 Å². The Balaban J connectivity index is 2.05. The highest BCUT2D eigenvalue weighted by Gasteiger charge is 2.75. The molecule has 2 spiro atoms. The number of hydrogen-bond acceptors (Lipinski definition) is 5. The SMILES string of the molecule is COC1=C(C)C(=O)O[C@@]12C(=O)C(C)=C1CCCC(=S)N3CCC[C@@]132. The third-order valence-electron chi connectivity index (χ3n) is 6.11. The number of carbonyl (C=O) groups excluding carboxylic acids is 2. The molecule has 4 aliphatic rings. The maximum absolute atomic E-state index is 13.4. The van der Waals surface area contributed by atoms with Crippen molar-refractivity contribution in [2.24, 2.45) is 0 Å². The molecule has 0 unspecified atom stereocenters. The van der Waals surface area contributed by atoms with Crippen molar-refractivity contribution in [1.82, 2.24) is 4.90 Å². The predicted octanol–water partition coefficient (Wildman–Crippen LogP) is 2.45. The first-order valence-electron chi connectivity index (χ1n) is 8.46. The summed E-state index contributed by atoms with van der Waals surface area (Å²) in [7, 11) is 1.51. The molecule has 2 atom stereocenters. The van der Waals surface area contributed by atoms with Gasteiger partial charge in [-0.25, -0.2) is 4.79 Å². The van der Waals surface area contributed by atoms with Gasteiger partial charge in [-0.2, -0.15) is 0 Å². The van der Waals surface area contributed by atoms with Crippen LogP contribution in [0.25, 0.3) is 0 Å². The number of carbonyl (C=O) groups is 2. The molecule has 0 saturated carbocycles. The van der Waals surface area contributed by atoms with E-state index in [0.29, 0.717) is 16.9 Å². The van der Waals surface area contributed by atoms with Crippen LogP contribution in [0.1, 0.15) is 46.0 Å². The smallest absolute Gasteiger partial charge is 0.338 e. The van der Waals surface area contributed by atoms with Crippen LogP contribution < -0.4 is 0 Å². The normalized spacial score (nSPS) is 35.6. The largest absolute Gasteiger partial charge is 0.496 e. The molecule has 4 rings (SSSR count). The van der Waals surface area contributed by atoms with Crippen LogP contribution in [0.3, 0.4) is 0 Å². The molecule has 0 N–H and O–H groups in total. The number of Topliss-reactive ketones (excluding diaryl/α,β-unsaturated/α-hetero) is 1. The van der Waals surface area contributed by atoms with Crippen molar-refractivity contribution in [3.05, 3.63) is 22.5 Å². The summed E-state index contributed by atoms with van der Waals surface area (Å²) in [4.78, 5) is 28.8. The summed E-state index contributed by atoms with van der Waals surface area (Å²) in [5, 5.41) is 0. The summed E-state index contributed by atoms with van der Waals surface area (Å²) >= 11 is 5.67. The zero-order valence-corrected chi connectivity index (χ0v) is 15.0. The predicted molar refractivity (Wildman–Crippen MR) is 91.4 cm³/mol. The molecular formula is C18H21NO4S. The van der Waals surface area contributed by atoms with E-state index >= 15 is 0 Å². The lowest BCUT2D eigenvalue weighted by molar-refractivity contribution is -0.164. The van der Waals surface area contributed by atoms with Gasteiger partial charge in [0.2, 0.25) is 5.78 Å². The van der Waals surface area contributed by atoms with Gasteiger partial charge in [0.25, 0.3) is 5.60 Å². The van der Waals surface area contributed by atoms with E-state index in [-0.39, 0.29) is 5.78 Å². The van der Waals surface area contributed by atoms with Crippen molar-refractivity contribution in [2.45, 2.75) is 57.1 Å². The second kappa shape index (κ2) is 4.91. The van der Waals surface area contributed by atoms with Crippen molar-refractivity contribution >= 4 is 29.0 Å². The van der Waals surface area contributed by atoms with Crippen LogP contribution in [0.15, 0.2) is 22.5 Å². The fourth-order valence-electron chi connectivity index (χ4n) is 5.23. The highest BCUT2D eigenvalue weighted by molar-refractivity contribution is 7.80. The molecule has 3 aliphatic heterocycles. The molecule has 0 aromatic heterocycles. The Morgan fingerprint density at radius 2 is 1.92 bits per heavy atom. The van der Waals surface area contributed by atoms with Gasteiger partial charge in [-0.05, 0) is 57.1 Å². The van der Waals surface area contributed by atoms with E-state index < -0.39 is 17.1 Å². The highest BCUT2D eigenvalue weighted by Crippen LogP contribution is 2.60. The Morgan fingerprint density at radius 3 is 2.62 bits per heavy atom. The Kier molecular flexibility index (Phi) is 3.24. The topological polar surface area (TPSA) is 55.8 Å². The fraction of sp³-hybridized carbons (Fsp3) is 0.611. The summed E-state index contributed by atoms with van der Waals surface area (Å²) < 4.78 is 11.5. The third-order valence-corrected chi connectivity index (χ3v) is 6.54. The molecule has 6 heteroatoms. The highest BCUT2D eigenvalue weighted by atomic mass is 32.1. The minimum atomic E-state index is -1.40. The van der Waals surface area contributed by atoms with Gasteiger partial charge < -0.3 is 14.4 Å². The standard InChI is InChI=1S/C18H21NO4S/c1-10-12-6-4-7-13(24)19-9-5-8-17(12,19)18(14(10)20)15(22-3)11(2)16(21)23-18/h4-9H2,1-3H3/t17-,18-/m0/s1. The lowest BCUT2D eigenvalue weighted by Crippen LogP contribution is -2.64. The number of esters is 1. The molecule has 0 aromatic rings. The van der Waals surface area contributed by atoms with Gasteiger partial charge in [-0.3, -0.25) is 4.79 Å². The molecule has 3 heterocycles. The molecule has 5 nitrogen and oxygen atoms in total. The monoisotopic (exact) mass is 347 g/mol. The van der Waals surface area contributed by atoms with Crippen molar-refractivity contribution in [1.29, 1.82) is 0 Å². The van der Waals surface area contributed by atoms with Gasteiger partial charge in [-0.15, -0.1) is 0 Å².